The molecule has 146 valence electrons. The van der Waals surface area contributed by atoms with Crippen LogP contribution in [-0.4, -0.2) is 45.5 Å². The molecule has 28 heavy (non-hydrogen) atoms. The van der Waals surface area contributed by atoms with Crippen LogP contribution in [0.15, 0.2) is 30.3 Å². The molecule has 1 unspecified atom stereocenters. The highest BCUT2D eigenvalue weighted by Crippen LogP contribution is 2.28. The van der Waals surface area contributed by atoms with E-state index in [0.717, 1.165) is 41.6 Å². The van der Waals surface area contributed by atoms with Crippen LogP contribution in [-0.2, 0) is 11.2 Å². The highest BCUT2D eigenvalue weighted by molar-refractivity contribution is 7.17. The van der Waals surface area contributed by atoms with Crippen LogP contribution < -0.4 is 15.0 Å². The molecule has 1 atom stereocenters. The third kappa shape index (κ3) is 4.82. The standard InChI is InChI=1S/C18H20N6O2S2/c1-12-20-22-17(27-12)24-9-5-8-14(11-24)26-18-23-21-16(28-18)19-15(25)10-13-6-3-2-4-7-13/h2-4,6-7,14H,5,8-11H2,1H3,(H,19,21,25). The molecule has 0 bridgehead atoms. The molecule has 0 saturated carbocycles. The number of ether oxygens (including phenoxy) is 1. The van der Waals surface area contributed by atoms with Gasteiger partial charge in [0, 0.05) is 6.54 Å². The van der Waals surface area contributed by atoms with Gasteiger partial charge in [0.15, 0.2) is 0 Å². The van der Waals surface area contributed by atoms with E-state index in [0.29, 0.717) is 16.7 Å². The lowest BCUT2D eigenvalue weighted by atomic mass is 10.1. The van der Waals surface area contributed by atoms with Crippen molar-refractivity contribution in [3.8, 4) is 5.19 Å². The maximum atomic E-state index is 12.2. The molecule has 1 aliphatic rings. The Kier molecular flexibility index (Phi) is 5.77. The van der Waals surface area contributed by atoms with Gasteiger partial charge in [-0.2, -0.15) is 0 Å². The molecule has 2 aromatic heterocycles. The molecule has 3 heterocycles. The summed E-state index contributed by atoms with van der Waals surface area (Å²) in [6.07, 6.45) is 2.28. The van der Waals surface area contributed by atoms with Gasteiger partial charge in [0.05, 0.1) is 13.0 Å². The topological polar surface area (TPSA) is 93.1 Å². The number of rotatable bonds is 6. The van der Waals surface area contributed by atoms with Crippen molar-refractivity contribution in [1.29, 1.82) is 0 Å². The third-order valence-electron chi connectivity index (χ3n) is 4.29. The second-order valence-corrected chi connectivity index (χ2v) is 8.62. The van der Waals surface area contributed by atoms with Crippen LogP contribution in [0.5, 0.6) is 5.19 Å². The predicted molar refractivity (Wildman–Crippen MR) is 109 cm³/mol. The van der Waals surface area contributed by atoms with Crippen LogP contribution in [0, 0.1) is 6.92 Å². The number of hydrogen-bond acceptors (Lipinski definition) is 9. The third-order valence-corrected chi connectivity index (χ3v) is 5.92. The van der Waals surface area contributed by atoms with Crippen LogP contribution >= 0.6 is 22.7 Å². The minimum atomic E-state index is -0.121. The number of piperidine rings is 1. The first kappa shape index (κ1) is 18.8. The molecule has 1 saturated heterocycles. The van der Waals surface area contributed by atoms with Gasteiger partial charge in [-0.05, 0) is 36.7 Å². The fraction of sp³-hybridized carbons (Fsp3) is 0.389. The summed E-state index contributed by atoms with van der Waals surface area (Å²) in [7, 11) is 0. The summed E-state index contributed by atoms with van der Waals surface area (Å²) in [4.78, 5) is 14.3. The number of carbonyl (C=O) groups excluding carboxylic acids is 1. The van der Waals surface area contributed by atoms with E-state index < -0.39 is 0 Å². The van der Waals surface area contributed by atoms with Gasteiger partial charge in [-0.1, -0.05) is 46.8 Å². The molecule has 0 radical (unpaired) electrons. The second kappa shape index (κ2) is 8.61. The molecule has 10 heteroatoms. The predicted octanol–water partition coefficient (Wildman–Crippen LogP) is 2.93. The zero-order valence-corrected chi connectivity index (χ0v) is 17.0. The summed E-state index contributed by atoms with van der Waals surface area (Å²) in [5, 5.41) is 22.0. The zero-order valence-electron chi connectivity index (χ0n) is 15.4. The molecule has 1 amide bonds. The minimum absolute atomic E-state index is 0.0128. The van der Waals surface area contributed by atoms with Crippen molar-refractivity contribution in [3.05, 3.63) is 40.9 Å². The van der Waals surface area contributed by atoms with Crippen LogP contribution in [0.25, 0.3) is 0 Å². The first-order valence-corrected chi connectivity index (χ1v) is 10.7. The Labute approximate surface area is 170 Å². The summed E-state index contributed by atoms with van der Waals surface area (Å²) in [5.74, 6) is -0.121. The number of amides is 1. The number of benzene rings is 1. The zero-order chi connectivity index (χ0) is 19.3. The number of nitrogens with one attached hydrogen (secondary N) is 1. The quantitative estimate of drug-likeness (QED) is 0.660. The molecule has 0 aliphatic carbocycles. The maximum Gasteiger partial charge on any atom is 0.296 e. The van der Waals surface area contributed by atoms with Gasteiger partial charge < -0.3 is 15.0 Å². The Morgan fingerprint density at radius 1 is 1.21 bits per heavy atom. The van der Waals surface area contributed by atoms with Gasteiger partial charge in [-0.15, -0.1) is 15.3 Å². The Morgan fingerprint density at radius 3 is 2.86 bits per heavy atom. The van der Waals surface area contributed by atoms with E-state index in [9.17, 15) is 4.79 Å². The normalized spacial score (nSPS) is 16.8. The van der Waals surface area contributed by atoms with Gasteiger partial charge in [0.2, 0.25) is 16.2 Å². The number of aryl methyl sites for hydroxylation is 1. The Balaban J connectivity index is 1.31. The molecular weight excluding hydrogens is 396 g/mol. The fourth-order valence-corrected chi connectivity index (χ4v) is 4.42. The Morgan fingerprint density at radius 2 is 2.07 bits per heavy atom. The highest BCUT2D eigenvalue weighted by atomic mass is 32.1. The van der Waals surface area contributed by atoms with Gasteiger partial charge in [0.1, 0.15) is 11.1 Å². The van der Waals surface area contributed by atoms with Gasteiger partial charge >= 0.3 is 0 Å². The van der Waals surface area contributed by atoms with E-state index in [1.165, 1.54) is 11.3 Å². The maximum absolute atomic E-state index is 12.2. The van der Waals surface area contributed by atoms with Gasteiger partial charge in [-0.25, -0.2) is 0 Å². The van der Waals surface area contributed by atoms with Crippen molar-refractivity contribution in [2.24, 2.45) is 0 Å². The number of carbonyl (C=O) groups is 1. The smallest absolute Gasteiger partial charge is 0.296 e. The molecule has 0 spiro atoms. The van der Waals surface area contributed by atoms with E-state index >= 15 is 0 Å². The number of aromatic nitrogens is 4. The van der Waals surface area contributed by atoms with Crippen LogP contribution in [0.4, 0.5) is 10.3 Å². The van der Waals surface area contributed by atoms with E-state index in [-0.39, 0.29) is 12.0 Å². The molecular formula is C18H20N6O2S2. The summed E-state index contributed by atoms with van der Waals surface area (Å²) in [5.41, 5.74) is 0.954. The Bertz CT molecular complexity index is 929. The molecule has 1 aliphatic heterocycles. The monoisotopic (exact) mass is 416 g/mol. The van der Waals surface area contributed by atoms with Crippen molar-refractivity contribution < 1.29 is 9.53 Å². The molecule has 1 aromatic carbocycles. The summed E-state index contributed by atoms with van der Waals surface area (Å²) in [6.45, 7) is 3.64. The fourth-order valence-electron chi connectivity index (χ4n) is 3.02. The number of nitrogens with zero attached hydrogens (tertiary/aromatic N) is 5. The van der Waals surface area contributed by atoms with Gasteiger partial charge in [0.25, 0.3) is 5.19 Å². The van der Waals surface area contributed by atoms with E-state index in [2.05, 4.69) is 30.6 Å². The molecule has 1 N–H and O–H groups in total. The summed E-state index contributed by atoms with van der Waals surface area (Å²) >= 11 is 2.84. The lowest BCUT2D eigenvalue weighted by Gasteiger charge is -2.31. The number of hydrogen-bond donors (Lipinski definition) is 1. The van der Waals surface area contributed by atoms with Crippen molar-refractivity contribution in [2.45, 2.75) is 32.3 Å². The first-order valence-electron chi connectivity index (χ1n) is 9.05. The largest absolute Gasteiger partial charge is 0.464 e. The molecule has 8 nitrogen and oxygen atoms in total. The van der Waals surface area contributed by atoms with Crippen molar-refractivity contribution in [2.75, 3.05) is 23.3 Å². The van der Waals surface area contributed by atoms with Gasteiger partial charge in [-0.3, -0.25) is 4.79 Å². The van der Waals surface area contributed by atoms with Crippen molar-refractivity contribution in [1.82, 2.24) is 20.4 Å². The van der Waals surface area contributed by atoms with Crippen LogP contribution in [0.1, 0.15) is 23.4 Å². The van der Waals surface area contributed by atoms with E-state index in [1.807, 2.05) is 37.3 Å². The first-order chi connectivity index (χ1) is 13.7. The van der Waals surface area contributed by atoms with Crippen LogP contribution in [0.2, 0.25) is 0 Å². The average molecular weight is 417 g/mol. The SMILES string of the molecule is Cc1nnc(N2CCCC(Oc3nnc(NC(=O)Cc4ccccc4)s3)C2)s1. The lowest BCUT2D eigenvalue weighted by molar-refractivity contribution is -0.115. The summed E-state index contributed by atoms with van der Waals surface area (Å²) < 4.78 is 6.00. The van der Waals surface area contributed by atoms with E-state index in [1.54, 1.807) is 11.3 Å². The lowest BCUT2D eigenvalue weighted by Crippen LogP contribution is -2.41. The highest BCUT2D eigenvalue weighted by Gasteiger charge is 2.25. The average Bonchev–Trinajstić information content (AvgIpc) is 3.31. The van der Waals surface area contributed by atoms with E-state index in [4.69, 9.17) is 4.74 Å². The summed E-state index contributed by atoms with van der Waals surface area (Å²) in [6, 6.07) is 9.59. The Hall–Kier alpha value is -2.59. The van der Waals surface area contributed by atoms with Crippen molar-refractivity contribution in [3.63, 3.8) is 0 Å². The second-order valence-electron chi connectivity index (χ2n) is 6.52. The molecule has 3 aromatic rings. The number of anilines is 2. The molecule has 1 fully saturated rings. The molecule has 4 rings (SSSR count). The minimum Gasteiger partial charge on any atom is -0.464 e. The van der Waals surface area contributed by atoms with Crippen LogP contribution in [0.3, 0.4) is 0 Å². The van der Waals surface area contributed by atoms with Crippen molar-refractivity contribution >= 4 is 38.8 Å².